The third kappa shape index (κ3) is 3.23. The van der Waals surface area contributed by atoms with Crippen LogP contribution in [0.1, 0.15) is 38.7 Å². The molecule has 20 heavy (non-hydrogen) atoms. The molecule has 1 aliphatic rings. The lowest BCUT2D eigenvalue weighted by atomic mass is 9.90. The molecule has 0 bridgehead atoms. The van der Waals surface area contributed by atoms with Gasteiger partial charge in [-0.25, -0.2) is 0 Å². The minimum absolute atomic E-state index is 0.0459. The van der Waals surface area contributed by atoms with E-state index in [4.69, 9.17) is 14.7 Å². The van der Waals surface area contributed by atoms with Crippen molar-refractivity contribution in [1.82, 2.24) is 0 Å². The Morgan fingerprint density at radius 1 is 1.55 bits per heavy atom. The number of anilines is 1. The minimum Gasteiger partial charge on any atom is -0.495 e. The Kier molecular flexibility index (Phi) is 4.51. The van der Waals surface area contributed by atoms with E-state index in [0.29, 0.717) is 17.4 Å². The molecule has 1 aliphatic heterocycles. The van der Waals surface area contributed by atoms with Crippen LogP contribution in [0.4, 0.5) is 5.69 Å². The van der Waals surface area contributed by atoms with Gasteiger partial charge in [-0.05, 0) is 38.3 Å². The smallest absolute Gasteiger partial charge is 0.143 e. The number of nitrogens with zero attached hydrogens (tertiary/aromatic N) is 1. The molecule has 0 aliphatic carbocycles. The van der Waals surface area contributed by atoms with Crippen LogP contribution in [-0.4, -0.2) is 25.4 Å². The van der Waals surface area contributed by atoms with Crippen LogP contribution >= 0.6 is 0 Å². The topological polar surface area (TPSA) is 54.3 Å². The van der Waals surface area contributed by atoms with Crippen LogP contribution in [0, 0.1) is 11.3 Å². The molecule has 2 rings (SSSR count). The number of hydrogen-bond acceptors (Lipinski definition) is 4. The Labute approximate surface area is 120 Å². The molecule has 1 heterocycles. The summed E-state index contributed by atoms with van der Waals surface area (Å²) in [5.74, 6) is 0.716. The van der Waals surface area contributed by atoms with Gasteiger partial charge in [0.05, 0.1) is 30.0 Å². The fraction of sp³-hybridized carbons (Fsp3) is 0.562. The van der Waals surface area contributed by atoms with Crippen molar-refractivity contribution in [2.24, 2.45) is 0 Å². The zero-order valence-electron chi connectivity index (χ0n) is 12.4. The molecule has 0 amide bonds. The van der Waals surface area contributed by atoms with Crippen molar-refractivity contribution in [3.05, 3.63) is 23.8 Å². The molecule has 108 valence electrons. The van der Waals surface area contributed by atoms with Crippen molar-refractivity contribution in [3.8, 4) is 11.8 Å². The average molecular weight is 274 g/mol. The van der Waals surface area contributed by atoms with E-state index in [9.17, 15) is 0 Å². The predicted octanol–water partition coefficient (Wildman–Crippen LogP) is 3.33. The quantitative estimate of drug-likeness (QED) is 0.915. The van der Waals surface area contributed by atoms with Gasteiger partial charge >= 0.3 is 0 Å². The van der Waals surface area contributed by atoms with Gasteiger partial charge in [0.25, 0.3) is 0 Å². The lowest BCUT2D eigenvalue weighted by molar-refractivity contribution is -0.0709. The third-order valence-corrected chi connectivity index (χ3v) is 4.03. The number of nitriles is 1. The maximum atomic E-state index is 8.93. The van der Waals surface area contributed by atoms with Crippen molar-refractivity contribution in [3.63, 3.8) is 0 Å². The number of ether oxygens (including phenoxy) is 2. The van der Waals surface area contributed by atoms with E-state index in [1.807, 2.05) is 12.1 Å². The standard InChI is InChI=1S/C16H22N2O2/c1-4-16(2)10-13(7-8-20-16)18-14-6-5-12(11-17)9-15(14)19-3/h5-6,9,13,18H,4,7-8,10H2,1-3H3. The Morgan fingerprint density at radius 3 is 3.00 bits per heavy atom. The lowest BCUT2D eigenvalue weighted by Gasteiger charge is -2.38. The Hall–Kier alpha value is -1.73. The maximum Gasteiger partial charge on any atom is 0.143 e. The summed E-state index contributed by atoms with van der Waals surface area (Å²) in [6.45, 7) is 5.10. The molecule has 2 unspecified atom stereocenters. The monoisotopic (exact) mass is 274 g/mol. The van der Waals surface area contributed by atoms with Crippen LogP contribution in [0.2, 0.25) is 0 Å². The van der Waals surface area contributed by atoms with E-state index in [1.54, 1.807) is 13.2 Å². The van der Waals surface area contributed by atoms with E-state index in [2.05, 4.69) is 25.2 Å². The fourth-order valence-electron chi connectivity index (χ4n) is 2.60. The van der Waals surface area contributed by atoms with Gasteiger partial charge in [-0.2, -0.15) is 5.26 Å². The van der Waals surface area contributed by atoms with Crippen molar-refractivity contribution in [1.29, 1.82) is 5.26 Å². The number of hydrogen-bond donors (Lipinski definition) is 1. The molecule has 0 aromatic heterocycles. The summed E-state index contributed by atoms with van der Waals surface area (Å²) < 4.78 is 11.2. The van der Waals surface area contributed by atoms with Gasteiger partial charge in [-0.1, -0.05) is 6.92 Å². The van der Waals surface area contributed by atoms with Crippen LogP contribution in [0.15, 0.2) is 18.2 Å². The van der Waals surface area contributed by atoms with Gasteiger partial charge in [-0.3, -0.25) is 0 Å². The second-order valence-electron chi connectivity index (χ2n) is 5.51. The summed E-state index contributed by atoms with van der Waals surface area (Å²) in [4.78, 5) is 0. The first-order valence-electron chi connectivity index (χ1n) is 7.09. The second-order valence-corrected chi connectivity index (χ2v) is 5.51. The highest BCUT2D eigenvalue weighted by atomic mass is 16.5. The largest absolute Gasteiger partial charge is 0.495 e. The molecule has 4 nitrogen and oxygen atoms in total. The maximum absolute atomic E-state index is 8.93. The van der Waals surface area contributed by atoms with Crippen LogP contribution in [-0.2, 0) is 4.74 Å². The Balaban J connectivity index is 2.12. The molecule has 1 fully saturated rings. The molecule has 1 aromatic rings. The van der Waals surface area contributed by atoms with Crippen molar-refractivity contribution in [2.75, 3.05) is 19.0 Å². The summed E-state index contributed by atoms with van der Waals surface area (Å²) in [6, 6.07) is 7.98. The van der Waals surface area contributed by atoms with Crippen LogP contribution < -0.4 is 10.1 Å². The van der Waals surface area contributed by atoms with E-state index in [-0.39, 0.29) is 5.60 Å². The first-order valence-corrected chi connectivity index (χ1v) is 7.09. The van der Waals surface area contributed by atoms with Gasteiger partial charge in [0.2, 0.25) is 0 Å². The van der Waals surface area contributed by atoms with Crippen molar-refractivity contribution >= 4 is 5.69 Å². The van der Waals surface area contributed by atoms with Gasteiger partial charge in [0.15, 0.2) is 0 Å². The summed E-state index contributed by atoms with van der Waals surface area (Å²) in [5, 5.41) is 12.5. The van der Waals surface area contributed by atoms with Crippen molar-refractivity contribution in [2.45, 2.75) is 44.8 Å². The molecule has 1 aromatic carbocycles. The molecule has 0 saturated carbocycles. The molecule has 4 heteroatoms. The van der Waals surface area contributed by atoms with Crippen LogP contribution in [0.25, 0.3) is 0 Å². The molecule has 2 atom stereocenters. The van der Waals surface area contributed by atoms with Gasteiger partial charge in [0, 0.05) is 18.7 Å². The number of benzene rings is 1. The minimum atomic E-state index is -0.0459. The van der Waals surface area contributed by atoms with Crippen LogP contribution in [0.3, 0.4) is 0 Å². The zero-order valence-corrected chi connectivity index (χ0v) is 12.4. The highest BCUT2D eigenvalue weighted by molar-refractivity contribution is 5.60. The molecular formula is C16H22N2O2. The van der Waals surface area contributed by atoms with E-state index >= 15 is 0 Å². The van der Waals surface area contributed by atoms with E-state index in [0.717, 1.165) is 31.6 Å². The third-order valence-electron chi connectivity index (χ3n) is 4.03. The number of methoxy groups -OCH3 is 1. The predicted molar refractivity (Wildman–Crippen MR) is 79.0 cm³/mol. The molecule has 0 spiro atoms. The summed E-state index contributed by atoms with van der Waals surface area (Å²) in [6.07, 6.45) is 2.97. The molecule has 0 radical (unpaired) electrons. The Bertz CT molecular complexity index is 510. The number of nitrogens with one attached hydrogen (secondary N) is 1. The summed E-state index contributed by atoms with van der Waals surface area (Å²) in [5.41, 5.74) is 1.50. The molecular weight excluding hydrogens is 252 g/mol. The summed E-state index contributed by atoms with van der Waals surface area (Å²) in [7, 11) is 1.63. The highest BCUT2D eigenvalue weighted by Crippen LogP contribution is 2.32. The zero-order chi connectivity index (χ0) is 14.6. The van der Waals surface area contributed by atoms with Gasteiger partial charge < -0.3 is 14.8 Å². The summed E-state index contributed by atoms with van der Waals surface area (Å²) >= 11 is 0. The Morgan fingerprint density at radius 2 is 2.35 bits per heavy atom. The van der Waals surface area contributed by atoms with Gasteiger partial charge in [-0.15, -0.1) is 0 Å². The van der Waals surface area contributed by atoms with E-state index < -0.39 is 0 Å². The van der Waals surface area contributed by atoms with Crippen molar-refractivity contribution < 1.29 is 9.47 Å². The SMILES string of the molecule is CCC1(C)CC(Nc2ccc(C#N)cc2OC)CCO1. The molecule has 1 N–H and O–H groups in total. The highest BCUT2D eigenvalue weighted by Gasteiger charge is 2.31. The molecule has 1 saturated heterocycles. The second kappa shape index (κ2) is 6.15. The fourth-order valence-corrected chi connectivity index (χ4v) is 2.60. The normalized spacial score (nSPS) is 25.8. The van der Waals surface area contributed by atoms with Gasteiger partial charge in [0.1, 0.15) is 5.75 Å². The first kappa shape index (κ1) is 14.7. The van der Waals surface area contributed by atoms with Crippen LogP contribution in [0.5, 0.6) is 5.75 Å². The first-order chi connectivity index (χ1) is 9.60. The average Bonchev–Trinajstić information content (AvgIpc) is 2.48. The lowest BCUT2D eigenvalue weighted by Crippen LogP contribution is -2.41. The van der Waals surface area contributed by atoms with E-state index in [1.165, 1.54) is 0 Å². The number of rotatable bonds is 4.